The van der Waals surface area contributed by atoms with Crippen molar-refractivity contribution in [2.24, 2.45) is 5.92 Å². The first-order chi connectivity index (χ1) is 12.2. The Labute approximate surface area is 155 Å². The molecule has 1 fully saturated rings. The van der Waals surface area contributed by atoms with E-state index < -0.39 is 11.7 Å². The number of hydrogen-bond donors (Lipinski definition) is 1. The molecule has 1 saturated heterocycles. The lowest BCUT2D eigenvalue weighted by atomic mass is 10.00. The number of nitrogens with zero attached hydrogens (tertiary/aromatic N) is 3. The quantitative estimate of drug-likeness (QED) is 0.765. The summed E-state index contributed by atoms with van der Waals surface area (Å²) in [5, 5.41) is 2.61. The highest BCUT2D eigenvalue weighted by Gasteiger charge is 2.33. The molecule has 1 aromatic carbocycles. The summed E-state index contributed by atoms with van der Waals surface area (Å²) in [7, 11) is 0. The van der Waals surface area contributed by atoms with Gasteiger partial charge < -0.3 is 10.2 Å². The number of nitrogens with one attached hydrogen (secondary N) is 1. The van der Waals surface area contributed by atoms with Gasteiger partial charge in [0.25, 0.3) is 0 Å². The second-order valence-electron chi connectivity index (χ2n) is 6.68. The topological polar surface area (TPSA) is 41.1 Å². The molecule has 2 heterocycles. The average Bonchev–Trinajstić information content (AvgIpc) is 2.56. The SMILES string of the molecule is Cc1cc(Nc2ccc(Cl)c(C(F)(F)F)c2)nc(N2CCC(C)CC2)n1. The summed E-state index contributed by atoms with van der Waals surface area (Å²) >= 11 is 5.67. The average molecular weight is 385 g/mol. The van der Waals surface area contributed by atoms with Crippen LogP contribution in [0, 0.1) is 12.8 Å². The highest BCUT2D eigenvalue weighted by atomic mass is 35.5. The van der Waals surface area contributed by atoms with Gasteiger partial charge >= 0.3 is 6.18 Å². The van der Waals surface area contributed by atoms with E-state index >= 15 is 0 Å². The van der Waals surface area contributed by atoms with E-state index in [9.17, 15) is 13.2 Å². The molecule has 0 atom stereocenters. The largest absolute Gasteiger partial charge is 0.417 e. The first kappa shape index (κ1) is 18.8. The first-order valence-corrected chi connectivity index (χ1v) is 8.84. The van der Waals surface area contributed by atoms with E-state index in [2.05, 4.69) is 27.1 Å². The van der Waals surface area contributed by atoms with Crippen molar-refractivity contribution < 1.29 is 13.2 Å². The number of alkyl halides is 3. The zero-order valence-electron chi connectivity index (χ0n) is 14.6. The third-order valence-electron chi connectivity index (χ3n) is 4.45. The molecule has 0 radical (unpaired) electrons. The van der Waals surface area contributed by atoms with Crippen LogP contribution in [0.1, 0.15) is 31.0 Å². The second-order valence-corrected chi connectivity index (χ2v) is 7.09. The lowest BCUT2D eigenvalue weighted by Gasteiger charge is -2.30. The summed E-state index contributed by atoms with van der Waals surface area (Å²) in [5.41, 5.74) is 0.152. The van der Waals surface area contributed by atoms with Crippen molar-refractivity contribution in [1.29, 1.82) is 0 Å². The van der Waals surface area contributed by atoms with Crippen molar-refractivity contribution >= 4 is 29.1 Å². The van der Waals surface area contributed by atoms with Crippen molar-refractivity contribution in [3.05, 3.63) is 40.5 Å². The van der Waals surface area contributed by atoms with Crippen LogP contribution in [-0.2, 0) is 6.18 Å². The van der Waals surface area contributed by atoms with Crippen LogP contribution in [-0.4, -0.2) is 23.1 Å². The summed E-state index contributed by atoms with van der Waals surface area (Å²) < 4.78 is 39.1. The molecule has 1 aliphatic heterocycles. The zero-order chi connectivity index (χ0) is 18.9. The predicted molar refractivity (Wildman–Crippen MR) is 97.1 cm³/mol. The number of rotatable bonds is 3. The summed E-state index contributed by atoms with van der Waals surface area (Å²) in [6.45, 7) is 5.82. The lowest BCUT2D eigenvalue weighted by molar-refractivity contribution is -0.137. The van der Waals surface area contributed by atoms with Gasteiger partial charge in [-0.25, -0.2) is 4.98 Å². The molecule has 8 heteroatoms. The number of anilines is 3. The van der Waals surface area contributed by atoms with E-state index in [4.69, 9.17) is 11.6 Å². The van der Waals surface area contributed by atoms with Gasteiger partial charge in [-0.2, -0.15) is 18.2 Å². The number of hydrogen-bond acceptors (Lipinski definition) is 4. The third-order valence-corrected chi connectivity index (χ3v) is 4.78. The van der Waals surface area contributed by atoms with Gasteiger partial charge in [-0.05, 0) is 43.9 Å². The van der Waals surface area contributed by atoms with Crippen molar-refractivity contribution in [3.63, 3.8) is 0 Å². The van der Waals surface area contributed by atoms with E-state index in [1.165, 1.54) is 12.1 Å². The molecular weight excluding hydrogens is 365 g/mol. The lowest BCUT2D eigenvalue weighted by Crippen LogP contribution is -2.34. The minimum absolute atomic E-state index is 0.276. The van der Waals surface area contributed by atoms with Crippen LogP contribution in [0.3, 0.4) is 0 Å². The molecule has 0 aliphatic carbocycles. The summed E-state index contributed by atoms with van der Waals surface area (Å²) in [5.74, 6) is 1.74. The van der Waals surface area contributed by atoms with Crippen LogP contribution in [0.15, 0.2) is 24.3 Å². The standard InChI is InChI=1S/C18H20ClF3N4/c1-11-5-7-26(8-6-11)17-23-12(2)9-16(25-17)24-13-3-4-15(19)14(10-13)18(20,21)22/h3-4,9-11H,5-8H2,1-2H3,(H,23,24,25). The highest BCUT2D eigenvalue weighted by molar-refractivity contribution is 6.31. The van der Waals surface area contributed by atoms with Crippen LogP contribution in [0.2, 0.25) is 5.02 Å². The fraction of sp³-hybridized carbons (Fsp3) is 0.444. The fourth-order valence-electron chi connectivity index (χ4n) is 2.94. The number of benzene rings is 1. The Morgan fingerprint density at radius 1 is 1.15 bits per heavy atom. The molecule has 0 spiro atoms. The predicted octanol–water partition coefficient (Wildman–Crippen LogP) is 5.44. The minimum atomic E-state index is -4.51. The van der Waals surface area contributed by atoms with E-state index in [-0.39, 0.29) is 10.7 Å². The van der Waals surface area contributed by atoms with Gasteiger partial charge in [-0.15, -0.1) is 0 Å². The van der Waals surface area contributed by atoms with Gasteiger partial charge in [-0.1, -0.05) is 18.5 Å². The van der Waals surface area contributed by atoms with Crippen LogP contribution < -0.4 is 10.2 Å². The molecule has 2 aromatic rings. The van der Waals surface area contributed by atoms with E-state index in [1.54, 1.807) is 6.07 Å². The molecule has 0 bridgehead atoms. The summed E-state index contributed by atoms with van der Waals surface area (Å²) in [6, 6.07) is 5.42. The number of aromatic nitrogens is 2. The Morgan fingerprint density at radius 2 is 1.85 bits per heavy atom. The number of aryl methyl sites for hydroxylation is 1. The van der Waals surface area contributed by atoms with Crippen LogP contribution >= 0.6 is 11.6 Å². The molecular formula is C18H20ClF3N4. The smallest absolute Gasteiger partial charge is 0.341 e. The van der Waals surface area contributed by atoms with Gasteiger partial charge in [0.15, 0.2) is 0 Å². The number of halogens is 4. The molecule has 26 heavy (non-hydrogen) atoms. The molecule has 1 aromatic heterocycles. The van der Waals surface area contributed by atoms with Crippen molar-refractivity contribution in [3.8, 4) is 0 Å². The van der Waals surface area contributed by atoms with E-state index in [0.717, 1.165) is 37.7 Å². The third kappa shape index (κ3) is 4.38. The van der Waals surface area contributed by atoms with Crippen LogP contribution in [0.25, 0.3) is 0 Å². The molecule has 0 saturated carbocycles. The Hall–Kier alpha value is -2.02. The maximum atomic E-state index is 13.0. The molecule has 1 N–H and O–H groups in total. The second kappa shape index (κ2) is 7.31. The van der Waals surface area contributed by atoms with Gasteiger partial charge in [0.1, 0.15) is 5.82 Å². The van der Waals surface area contributed by atoms with E-state index in [1.807, 2.05) is 6.92 Å². The molecule has 3 rings (SSSR count). The van der Waals surface area contributed by atoms with Gasteiger partial charge in [0.05, 0.1) is 10.6 Å². The molecule has 4 nitrogen and oxygen atoms in total. The highest BCUT2D eigenvalue weighted by Crippen LogP contribution is 2.36. The zero-order valence-corrected chi connectivity index (χ0v) is 15.3. The Morgan fingerprint density at radius 3 is 2.50 bits per heavy atom. The summed E-state index contributed by atoms with van der Waals surface area (Å²) in [4.78, 5) is 11.1. The van der Waals surface area contributed by atoms with Crippen molar-refractivity contribution in [2.75, 3.05) is 23.3 Å². The fourth-order valence-corrected chi connectivity index (χ4v) is 3.16. The minimum Gasteiger partial charge on any atom is -0.341 e. The van der Waals surface area contributed by atoms with Crippen molar-refractivity contribution in [2.45, 2.75) is 32.9 Å². The van der Waals surface area contributed by atoms with Gasteiger partial charge in [-0.3, -0.25) is 0 Å². The summed E-state index contributed by atoms with van der Waals surface area (Å²) in [6.07, 6.45) is -2.36. The number of piperidine rings is 1. The monoisotopic (exact) mass is 384 g/mol. The maximum absolute atomic E-state index is 13.0. The van der Waals surface area contributed by atoms with E-state index in [0.29, 0.717) is 17.7 Å². The Bertz CT molecular complexity index is 786. The molecule has 140 valence electrons. The van der Waals surface area contributed by atoms with Crippen LogP contribution in [0.4, 0.5) is 30.6 Å². The first-order valence-electron chi connectivity index (χ1n) is 8.47. The van der Waals surface area contributed by atoms with Gasteiger partial charge in [0, 0.05) is 30.5 Å². The maximum Gasteiger partial charge on any atom is 0.417 e. The Kier molecular flexibility index (Phi) is 5.27. The normalized spacial score (nSPS) is 16.0. The van der Waals surface area contributed by atoms with Gasteiger partial charge in [0.2, 0.25) is 5.95 Å². The van der Waals surface area contributed by atoms with Crippen molar-refractivity contribution in [1.82, 2.24) is 9.97 Å². The van der Waals surface area contributed by atoms with Crippen LogP contribution in [0.5, 0.6) is 0 Å². The molecule has 0 unspecified atom stereocenters. The Balaban J connectivity index is 1.84. The molecule has 1 aliphatic rings. The molecule has 0 amide bonds.